The van der Waals surface area contributed by atoms with Crippen LogP contribution in [-0.4, -0.2) is 30.9 Å². The van der Waals surface area contributed by atoms with Crippen molar-refractivity contribution in [3.63, 3.8) is 0 Å². The van der Waals surface area contributed by atoms with Gasteiger partial charge in [-0.1, -0.05) is 11.6 Å². The first-order valence-electron chi connectivity index (χ1n) is 4.27. The first kappa shape index (κ1) is 12.3. The van der Waals surface area contributed by atoms with Gasteiger partial charge in [0, 0.05) is 7.05 Å². The lowest BCUT2D eigenvalue weighted by Gasteiger charge is -2.19. The fourth-order valence-corrected chi connectivity index (χ4v) is 1.63. The van der Waals surface area contributed by atoms with Gasteiger partial charge < -0.3 is 21.5 Å². The highest BCUT2D eigenvalue weighted by Gasteiger charge is 2.43. The van der Waals surface area contributed by atoms with Gasteiger partial charge in [-0.05, 0) is 0 Å². The van der Waals surface area contributed by atoms with Crippen molar-refractivity contribution in [3.8, 4) is 0 Å². The summed E-state index contributed by atoms with van der Waals surface area (Å²) in [5.74, 6) is -4.24. The van der Waals surface area contributed by atoms with Gasteiger partial charge in [-0.15, -0.1) is 0 Å². The molecule has 0 aromatic carbocycles. The van der Waals surface area contributed by atoms with E-state index in [-0.39, 0.29) is 10.7 Å². The lowest BCUT2D eigenvalue weighted by Crippen LogP contribution is -2.45. The average molecular weight is 248 g/mol. The molecule has 0 aromatic heterocycles. The lowest BCUT2D eigenvalue weighted by atomic mass is 9.99. The quantitative estimate of drug-likeness (QED) is 0.398. The van der Waals surface area contributed by atoms with Crippen molar-refractivity contribution in [3.05, 3.63) is 10.7 Å². The average Bonchev–Trinajstić information content (AvgIpc) is 2.41. The van der Waals surface area contributed by atoms with Crippen molar-refractivity contribution in [2.45, 2.75) is 6.10 Å². The van der Waals surface area contributed by atoms with Crippen molar-refractivity contribution in [2.24, 2.45) is 17.4 Å². The number of nitrogens with two attached hydrogens (primary N) is 2. The molecule has 0 bridgehead atoms. The molecule has 5 N–H and O–H groups in total. The summed E-state index contributed by atoms with van der Waals surface area (Å²) in [7, 11) is 1.46. The number of cyclic esters (lactones) is 1. The first-order valence-corrected chi connectivity index (χ1v) is 4.65. The molecule has 0 spiro atoms. The summed E-state index contributed by atoms with van der Waals surface area (Å²) in [5.41, 5.74) is 10.1. The second-order valence-electron chi connectivity index (χ2n) is 3.09. The van der Waals surface area contributed by atoms with Crippen LogP contribution in [0.5, 0.6) is 0 Å². The zero-order chi connectivity index (χ0) is 12.5. The second kappa shape index (κ2) is 4.40. The molecule has 1 rings (SSSR count). The Morgan fingerprint density at radius 2 is 1.94 bits per heavy atom. The fraction of sp³-hybridized carbons (Fsp3) is 0.375. The third-order valence-corrected chi connectivity index (χ3v) is 2.48. The molecule has 8 heteroatoms. The van der Waals surface area contributed by atoms with Crippen molar-refractivity contribution >= 4 is 29.4 Å². The standard InChI is InChI=1S/C8H10ClN3O4/c1-12-4-3(9)8(15)16-5(4)2(6(10)13)7(11)14/h2,5,12H,1H3,(H2,10,13)(H2,11,14)/t5-/m1/s1. The molecular weight excluding hydrogens is 238 g/mol. The number of carbonyl (C=O) groups excluding carboxylic acids is 3. The molecule has 1 aliphatic rings. The Morgan fingerprint density at radius 3 is 2.31 bits per heavy atom. The maximum atomic E-state index is 11.1. The molecule has 16 heavy (non-hydrogen) atoms. The minimum Gasteiger partial charge on any atom is -0.450 e. The molecule has 0 aliphatic carbocycles. The Bertz CT molecular complexity index is 379. The van der Waals surface area contributed by atoms with Crippen LogP contribution in [0.25, 0.3) is 0 Å². The molecule has 7 nitrogen and oxygen atoms in total. The third-order valence-electron chi connectivity index (χ3n) is 2.12. The lowest BCUT2D eigenvalue weighted by molar-refractivity contribution is -0.146. The van der Waals surface area contributed by atoms with Crippen LogP contribution in [0.15, 0.2) is 10.7 Å². The summed E-state index contributed by atoms with van der Waals surface area (Å²) in [6, 6.07) is 0. The van der Waals surface area contributed by atoms with Gasteiger partial charge >= 0.3 is 5.97 Å². The van der Waals surface area contributed by atoms with E-state index in [0.717, 1.165) is 0 Å². The molecule has 0 saturated carbocycles. The highest BCUT2D eigenvalue weighted by Crippen LogP contribution is 2.28. The molecule has 88 valence electrons. The number of hydrogen-bond acceptors (Lipinski definition) is 5. The number of esters is 1. The highest BCUT2D eigenvalue weighted by atomic mass is 35.5. The van der Waals surface area contributed by atoms with Gasteiger partial charge in [0.15, 0.2) is 12.0 Å². The summed E-state index contributed by atoms with van der Waals surface area (Å²) in [6.07, 6.45) is -1.18. The SMILES string of the molecule is CNC1=C(Cl)C(=O)O[C@@H]1C(C(N)=O)C(N)=O. The molecular formula is C8H10ClN3O4. The number of halogens is 1. The van der Waals surface area contributed by atoms with Crippen molar-refractivity contribution in [2.75, 3.05) is 7.05 Å². The van der Waals surface area contributed by atoms with E-state index in [9.17, 15) is 14.4 Å². The monoisotopic (exact) mass is 247 g/mol. The number of carbonyl (C=O) groups is 3. The number of rotatable bonds is 4. The first-order chi connectivity index (χ1) is 7.40. The number of hydrogen-bond donors (Lipinski definition) is 3. The molecule has 0 aromatic rings. The zero-order valence-electron chi connectivity index (χ0n) is 8.32. The Kier molecular flexibility index (Phi) is 3.38. The topological polar surface area (TPSA) is 125 Å². The van der Waals surface area contributed by atoms with Gasteiger partial charge in [-0.3, -0.25) is 9.59 Å². The summed E-state index contributed by atoms with van der Waals surface area (Å²) < 4.78 is 4.75. The van der Waals surface area contributed by atoms with Crippen LogP contribution in [0.2, 0.25) is 0 Å². The molecule has 1 aliphatic heterocycles. The maximum absolute atomic E-state index is 11.1. The fourth-order valence-electron chi connectivity index (χ4n) is 1.39. The number of nitrogens with one attached hydrogen (secondary N) is 1. The predicted octanol–water partition coefficient (Wildman–Crippen LogP) is -1.83. The summed E-state index contributed by atoms with van der Waals surface area (Å²) in [5, 5.41) is 2.35. The zero-order valence-corrected chi connectivity index (χ0v) is 9.08. The van der Waals surface area contributed by atoms with E-state index in [1.54, 1.807) is 0 Å². The number of primary amides is 2. The van der Waals surface area contributed by atoms with E-state index >= 15 is 0 Å². The van der Waals surface area contributed by atoms with Crippen molar-refractivity contribution in [1.29, 1.82) is 0 Å². The van der Waals surface area contributed by atoms with E-state index in [0.29, 0.717) is 0 Å². The second-order valence-corrected chi connectivity index (χ2v) is 3.46. The predicted molar refractivity (Wildman–Crippen MR) is 53.7 cm³/mol. The Morgan fingerprint density at radius 1 is 1.44 bits per heavy atom. The number of likely N-dealkylation sites (N-methyl/N-ethyl adjacent to an activating group) is 1. The summed E-state index contributed by atoms with van der Waals surface area (Å²) in [6.45, 7) is 0. The minimum atomic E-state index is -1.44. The van der Waals surface area contributed by atoms with E-state index < -0.39 is 29.8 Å². The van der Waals surface area contributed by atoms with Crippen LogP contribution in [-0.2, 0) is 19.1 Å². The maximum Gasteiger partial charge on any atom is 0.352 e. The summed E-state index contributed by atoms with van der Waals surface area (Å²) >= 11 is 5.62. The smallest absolute Gasteiger partial charge is 0.352 e. The minimum absolute atomic E-state index is 0.120. The third kappa shape index (κ3) is 1.94. The number of amides is 2. The molecule has 0 radical (unpaired) electrons. The van der Waals surface area contributed by atoms with Gasteiger partial charge in [-0.2, -0.15) is 0 Å². The van der Waals surface area contributed by atoms with E-state index in [2.05, 4.69) is 5.32 Å². The molecule has 0 fully saturated rings. The van der Waals surface area contributed by atoms with E-state index in [1.165, 1.54) is 7.05 Å². The molecule has 0 unspecified atom stereocenters. The molecule has 1 atom stereocenters. The Hall–Kier alpha value is -1.76. The largest absolute Gasteiger partial charge is 0.450 e. The van der Waals surface area contributed by atoms with Crippen LogP contribution in [0.4, 0.5) is 0 Å². The summed E-state index contributed by atoms with van der Waals surface area (Å²) in [4.78, 5) is 33.2. The molecule has 2 amide bonds. The Balaban J connectivity index is 3.10. The van der Waals surface area contributed by atoms with Gasteiger partial charge in [0.2, 0.25) is 11.8 Å². The van der Waals surface area contributed by atoms with Gasteiger partial charge in [-0.25, -0.2) is 4.79 Å². The Labute approximate surface area is 95.7 Å². The highest BCUT2D eigenvalue weighted by molar-refractivity contribution is 6.42. The van der Waals surface area contributed by atoms with Crippen LogP contribution < -0.4 is 16.8 Å². The van der Waals surface area contributed by atoms with Crippen LogP contribution in [0.3, 0.4) is 0 Å². The van der Waals surface area contributed by atoms with Crippen LogP contribution >= 0.6 is 11.6 Å². The van der Waals surface area contributed by atoms with Crippen molar-refractivity contribution < 1.29 is 19.1 Å². The van der Waals surface area contributed by atoms with Gasteiger partial charge in [0.1, 0.15) is 5.03 Å². The van der Waals surface area contributed by atoms with E-state index in [1.807, 2.05) is 0 Å². The van der Waals surface area contributed by atoms with Crippen molar-refractivity contribution in [1.82, 2.24) is 5.32 Å². The van der Waals surface area contributed by atoms with Gasteiger partial charge in [0.25, 0.3) is 0 Å². The van der Waals surface area contributed by atoms with E-state index in [4.69, 9.17) is 27.8 Å². The van der Waals surface area contributed by atoms with Crippen LogP contribution in [0, 0.1) is 5.92 Å². The molecule has 0 saturated heterocycles. The van der Waals surface area contributed by atoms with Crippen LogP contribution in [0.1, 0.15) is 0 Å². The molecule has 1 heterocycles. The van der Waals surface area contributed by atoms with Gasteiger partial charge in [0.05, 0.1) is 5.70 Å². The number of ether oxygens (including phenoxy) is 1. The normalized spacial score (nSPS) is 19.9.